The van der Waals surface area contributed by atoms with Gasteiger partial charge in [0.1, 0.15) is 15.8 Å². The standard InChI is InChI=1S/C22H24N4O4S3/c1-14-5-9-24(10-6-14)19-16(20(27)25-8-3-2-4-18(25)23-19)12-17-21(28)26(22(31)32-17)15-7-11-33(29,30)13-15/h2-4,8,12,14-15H,5-7,9-11,13H2,1H3/b17-12+. The van der Waals surface area contributed by atoms with Crippen molar-refractivity contribution in [1.82, 2.24) is 14.3 Å². The zero-order chi connectivity index (χ0) is 23.3. The van der Waals surface area contributed by atoms with Gasteiger partial charge in [0.2, 0.25) is 0 Å². The number of sulfone groups is 1. The second kappa shape index (κ2) is 8.52. The first-order valence-corrected chi connectivity index (χ1v) is 14.0. The molecule has 0 N–H and O–H groups in total. The van der Waals surface area contributed by atoms with Crippen molar-refractivity contribution in [2.45, 2.75) is 32.2 Å². The Morgan fingerprint density at radius 1 is 1.18 bits per heavy atom. The smallest absolute Gasteiger partial charge is 0.267 e. The van der Waals surface area contributed by atoms with Crippen molar-refractivity contribution in [2.75, 3.05) is 29.5 Å². The molecule has 0 radical (unpaired) electrons. The van der Waals surface area contributed by atoms with E-state index in [2.05, 4.69) is 11.8 Å². The Hall–Kier alpha value is -2.24. The molecular formula is C22H24N4O4S3. The van der Waals surface area contributed by atoms with Gasteiger partial charge in [0.25, 0.3) is 11.5 Å². The maximum Gasteiger partial charge on any atom is 0.267 e. The van der Waals surface area contributed by atoms with Crippen molar-refractivity contribution in [2.24, 2.45) is 5.92 Å². The number of rotatable bonds is 3. The van der Waals surface area contributed by atoms with Gasteiger partial charge in [-0.2, -0.15) is 0 Å². The molecule has 8 nitrogen and oxygen atoms in total. The molecule has 3 fully saturated rings. The molecule has 0 aliphatic carbocycles. The van der Waals surface area contributed by atoms with Crippen LogP contribution in [0.15, 0.2) is 34.1 Å². The molecule has 0 aromatic carbocycles. The summed E-state index contributed by atoms with van der Waals surface area (Å²) in [6, 6.07) is 4.94. The van der Waals surface area contributed by atoms with Crippen LogP contribution >= 0.6 is 24.0 Å². The van der Waals surface area contributed by atoms with Crippen LogP contribution in [0.2, 0.25) is 0 Å². The molecule has 174 valence electrons. The fourth-order valence-electron chi connectivity index (χ4n) is 4.58. The van der Waals surface area contributed by atoms with Crippen LogP contribution in [0.4, 0.5) is 5.82 Å². The Morgan fingerprint density at radius 2 is 1.94 bits per heavy atom. The Bertz CT molecular complexity index is 1340. The van der Waals surface area contributed by atoms with E-state index < -0.39 is 15.9 Å². The Labute approximate surface area is 201 Å². The first kappa shape index (κ1) is 22.5. The van der Waals surface area contributed by atoms with Gasteiger partial charge in [-0.3, -0.25) is 18.9 Å². The highest BCUT2D eigenvalue weighted by Crippen LogP contribution is 2.37. The number of thioether (sulfide) groups is 1. The van der Waals surface area contributed by atoms with Crippen LogP contribution in [0.25, 0.3) is 11.7 Å². The van der Waals surface area contributed by atoms with Gasteiger partial charge in [-0.15, -0.1) is 0 Å². The topological polar surface area (TPSA) is 92.1 Å². The lowest BCUT2D eigenvalue weighted by molar-refractivity contribution is -0.123. The summed E-state index contributed by atoms with van der Waals surface area (Å²) in [5, 5.41) is 0. The van der Waals surface area contributed by atoms with Crippen LogP contribution < -0.4 is 10.5 Å². The molecule has 1 unspecified atom stereocenters. The number of piperidine rings is 1. The number of thiocarbonyl (C=S) groups is 1. The van der Waals surface area contributed by atoms with E-state index in [4.69, 9.17) is 17.2 Å². The summed E-state index contributed by atoms with van der Waals surface area (Å²) in [5.74, 6) is 0.825. The second-order valence-electron chi connectivity index (χ2n) is 8.86. The number of carbonyl (C=O) groups excluding carboxylic acids is 1. The van der Waals surface area contributed by atoms with Crippen LogP contribution in [0.5, 0.6) is 0 Å². The molecule has 3 aliphatic heterocycles. The molecule has 3 aliphatic rings. The molecule has 0 bridgehead atoms. The lowest BCUT2D eigenvalue weighted by atomic mass is 9.99. The van der Waals surface area contributed by atoms with Crippen molar-refractivity contribution in [3.05, 3.63) is 45.2 Å². The van der Waals surface area contributed by atoms with Crippen molar-refractivity contribution >= 4 is 61.6 Å². The predicted molar refractivity (Wildman–Crippen MR) is 134 cm³/mol. The maximum atomic E-state index is 13.5. The van der Waals surface area contributed by atoms with Crippen LogP contribution in [0, 0.1) is 5.92 Å². The zero-order valence-electron chi connectivity index (χ0n) is 18.1. The quantitative estimate of drug-likeness (QED) is 0.465. The van der Waals surface area contributed by atoms with Gasteiger partial charge >= 0.3 is 0 Å². The molecule has 2 aromatic rings. The third-order valence-electron chi connectivity index (χ3n) is 6.50. The molecule has 1 amide bonds. The third kappa shape index (κ3) is 4.22. The van der Waals surface area contributed by atoms with Crippen molar-refractivity contribution in [3.8, 4) is 0 Å². The Balaban J connectivity index is 1.57. The highest BCUT2D eigenvalue weighted by Gasteiger charge is 2.42. The Kier molecular flexibility index (Phi) is 5.82. The van der Waals surface area contributed by atoms with Gasteiger partial charge in [0, 0.05) is 19.3 Å². The number of amides is 1. The predicted octanol–water partition coefficient (Wildman–Crippen LogP) is 2.32. The first-order valence-electron chi connectivity index (χ1n) is 11.0. The second-order valence-corrected chi connectivity index (χ2v) is 12.8. The highest BCUT2D eigenvalue weighted by molar-refractivity contribution is 8.26. The molecule has 2 aromatic heterocycles. The van der Waals surface area contributed by atoms with Crippen LogP contribution in [-0.2, 0) is 14.6 Å². The number of aromatic nitrogens is 2. The number of nitrogens with zero attached hydrogens (tertiary/aromatic N) is 4. The van der Waals surface area contributed by atoms with E-state index in [1.807, 2.05) is 6.07 Å². The van der Waals surface area contributed by atoms with E-state index in [9.17, 15) is 18.0 Å². The van der Waals surface area contributed by atoms with E-state index in [0.29, 0.717) is 38.6 Å². The molecule has 0 spiro atoms. The third-order valence-corrected chi connectivity index (χ3v) is 9.59. The number of pyridine rings is 1. The minimum absolute atomic E-state index is 0.0568. The molecule has 33 heavy (non-hydrogen) atoms. The van der Waals surface area contributed by atoms with Gasteiger partial charge in [0.15, 0.2) is 9.84 Å². The number of hydrogen-bond acceptors (Lipinski definition) is 8. The summed E-state index contributed by atoms with van der Waals surface area (Å²) < 4.78 is 25.7. The molecule has 1 atom stereocenters. The van der Waals surface area contributed by atoms with Crippen molar-refractivity contribution in [1.29, 1.82) is 0 Å². The van der Waals surface area contributed by atoms with Gasteiger partial charge in [-0.25, -0.2) is 13.4 Å². The zero-order valence-corrected chi connectivity index (χ0v) is 20.6. The maximum absolute atomic E-state index is 13.5. The van der Waals surface area contributed by atoms with Gasteiger partial charge < -0.3 is 4.90 Å². The lowest BCUT2D eigenvalue weighted by Crippen LogP contribution is -2.39. The highest BCUT2D eigenvalue weighted by atomic mass is 32.2. The number of anilines is 1. The van der Waals surface area contributed by atoms with Gasteiger partial charge in [-0.1, -0.05) is 37.0 Å². The van der Waals surface area contributed by atoms with E-state index in [-0.39, 0.29) is 23.0 Å². The summed E-state index contributed by atoms with van der Waals surface area (Å²) in [7, 11) is -3.17. The molecule has 3 saturated heterocycles. The minimum atomic E-state index is -3.17. The van der Waals surface area contributed by atoms with E-state index >= 15 is 0 Å². The largest absolute Gasteiger partial charge is 0.356 e. The molecule has 5 rings (SSSR count). The summed E-state index contributed by atoms with van der Waals surface area (Å²) in [6.07, 6.45) is 5.64. The molecular weight excluding hydrogens is 480 g/mol. The lowest BCUT2D eigenvalue weighted by Gasteiger charge is -2.32. The van der Waals surface area contributed by atoms with Crippen LogP contribution in [0.3, 0.4) is 0 Å². The average Bonchev–Trinajstić information content (AvgIpc) is 3.27. The average molecular weight is 505 g/mol. The van der Waals surface area contributed by atoms with E-state index in [1.165, 1.54) is 9.30 Å². The number of hydrogen-bond donors (Lipinski definition) is 0. The SMILES string of the molecule is CC1CCN(c2nc3ccccn3c(=O)c2/C=C2/SC(=S)N(C3CCS(=O)(=O)C3)C2=O)CC1. The van der Waals surface area contributed by atoms with Gasteiger partial charge in [-0.05, 0) is 43.4 Å². The fourth-order valence-corrected chi connectivity index (χ4v) is 7.67. The van der Waals surface area contributed by atoms with Crippen LogP contribution in [0.1, 0.15) is 31.7 Å². The van der Waals surface area contributed by atoms with Crippen molar-refractivity contribution in [3.63, 3.8) is 0 Å². The van der Waals surface area contributed by atoms with E-state index in [1.54, 1.807) is 24.4 Å². The first-order chi connectivity index (χ1) is 15.7. The summed E-state index contributed by atoms with van der Waals surface area (Å²) in [5.41, 5.74) is 0.660. The summed E-state index contributed by atoms with van der Waals surface area (Å²) >= 11 is 6.54. The molecule has 11 heteroatoms. The summed E-state index contributed by atoms with van der Waals surface area (Å²) in [6.45, 7) is 3.80. The summed E-state index contributed by atoms with van der Waals surface area (Å²) in [4.78, 5) is 35.3. The fraction of sp³-hybridized carbons (Fsp3) is 0.455. The number of fused-ring (bicyclic) bond motifs is 1. The monoisotopic (exact) mass is 504 g/mol. The molecule has 0 saturated carbocycles. The van der Waals surface area contributed by atoms with Crippen molar-refractivity contribution < 1.29 is 13.2 Å². The van der Waals surface area contributed by atoms with Gasteiger partial charge in [0.05, 0.1) is 28.0 Å². The number of carbonyl (C=O) groups is 1. The van der Waals surface area contributed by atoms with E-state index in [0.717, 1.165) is 37.7 Å². The van der Waals surface area contributed by atoms with Crippen LogP contribution in [-0.4, -0.2) is 63.6 Å². The minimum Gasteiger partial charge on any atom is -0.356 e. The normalized spacial score (nSPS) is 25.0. The Morgan fingerprint density at radius 3 is 2.64 bits per heavy atom. The molecule has 5 heterocycles.